The van der Waals surface area contributed by atoms with Gasteiger partial charge in [0.1, 0.15) is 5.01 Å². The van der Waals surface area contributed by atoms with E-state index in [4.69, 9.17) is 4.98 Å². The first-order valence-corrected chi connectivity index (χ1v) is 9.04. The normalized spacial score (nSPS) is 29.6. The maximum atomic E-state index is 5.06. The topological polar surface area (TPSA) is 24.9 Å². The van der Waals surface area contributed by atoms with Crippen molar-refractivity contribution >= 4 is 11.3 Å². The van der Waals surface area contributed by atoms with Gasteiger partial charge in [0.2, 0.25) is 0 Å². The van der Waals surface area contributed by atoms with E-state index < -0.39 is 0 Å². The van der Waals surface area contributed by atoms with Gasteiger partial charge in [-0.1, -0.05) is 33.6 Å². The van der Waals surface area contributed by atoms with E-state index in [9.17, 15) is 0 Å². The van der Waals surface area contributed by atoms with Crippen molar-refractivity contribution in [1.29, 1.82) is 0 Å². The van der Waals surface area contributed by atoms with E-state index in [1.165, 1.54) is 54.1 Å². The average Bonchev–Trinajstić information content (AvgIpc) is 3.13. The Morgan fingerprint density at radius 2 is 1.95 bits per heavy atom. The molecule has 20 heavy (non-hydrogen) atoms. The number of aromatic nitrogens is 1. The first-order valence-electron chi connectivity index (χ1n) is 8.23. The number of aryl methyl sites for hydroxylation is 2. The second-order valence-corrected chi connectivity index (χ2v) is 8.49. The zero-order chi connectivity index (χ0) is 14.4. The van der Waals surface area contributed by atoms with Crippen LogP contribution in [0.3, 0.4) is 0 Å². The molecule has 0 amide bonds. The van der Waals surface area contributed by atoms with Crippen LogP contribution in [0.2, 0.25) is 0 Å². The quantitative estimate of drug-likeness (QED) is 0.880. The van der Waals surface area contributed by atoms with Gasteiger partial charge in [-0.05, 0) is 44.4 Å². The molecule has 0 aliphatic heterocycles. The predicted molar refractivity (Wildman–Crippen MR) is 86.3 cm³/mol. The van der Waals surface area contributed by atoms with Crippen molar-refractivity contribution < 1.29 is 0 Å². The smallest absolute Gasteiger partial charge is 0.114 e. The number of hydrogen-bond donors (Lipinski definition) is 1. The number of thiazole rings is 1. The molecule has 0 radical (unpaired) electrons. The molecular weight excluding hydrogens is 264 g/mol. The van der Waals surface area contributed by atoms with Crippen molar-refractivity contribution in [3.05, 3.63) is 15.6 Å². The summed E-state index contributed by atoms with van der Waals surface area (Å²) in [6.45, 7) is 9.35. The van der Waals surface area contributed by atoms with Gasteiger partial charge in [0.05, 0.1) is 11.2 Å². The highest BCUT2D eigenvalue weighted by atomic mass is 32.1. The van der Waals surface area contributed by atoms with Gasteiger partial charge in [-0.3, -0.25) is 0 Å². The van der Waals surface area contributed by atoms with Gasteiger partial charge >= 0.3 is 0 Å². The summed E-state index contributed by atoms with van der Waals surface area (Å²) in [5.41, 5.74) is 1.74. The minimum atomic E-state index is 0.120. The number of nitrogens with one attached hydrogen (secondary N) is 1. The highest BCUT2D eigenvalue weighted by molar-refractivity contribution is 7.11. The molecular formula is C17H28N2S. The Labute approximate surface area is 127 Å². The molecule has 112 valence electrons. The number of nitrogens with zero attached hydrogens (tertiary/aromatic N) is 1. The molecule has 2 aliphatic carbocycles. The Balaban J connectivity index is 2.03. The summed E-state index contributed by atoms with van der Waals surface area (Å²) in [5, 5.41) is 5.39. The van der Waals surface area contributed by atoms with E-state index >= 15 is 0 Å². The van der Waals surface area contributed by atoms with Gasteiger partial charge in [-0.2, -0.15) is 0 Å². The summed E-state index contributed by atoms with van der Waals surface area (Å²) in [5.74, 6) is 0. The fourth-order valence-electron chi connectivity index (χ4n) is 3.75. The van der Waals surface area contributed by atoms with E-state index in [1.807, 2.05) is 11.3 Å². The molecule has 1 heterocycles. The lowest BCUT2D eigenvalue weighted by atomic mass is 9.63. The number of hydrogen-bond acceptors (Lipinski definition) is 3. The molecule has 3 heteroatoms. The zero-order valence-electron chi connectivity index (χ0n) is 13.4. The molecule has 1 atom stereocenters. The highest BCUT2D eigenvalue weighted by Crippen LogP contribution is 2.52. The molecule has 2 aliphatic rings. The summed E-state index contributed by atoms with van der Waals surface area (Å²) in [7, 11) is 0. The fourth-order valence-corrected chi connectivity index (χ4v) is 5.11. The second kappa shape index (κ2) is 5.10. The van der Waals surface area contributed by atoms with Crippen LogP contribution in [0.4, 0.5) is 0 Å². The summed E-state index contributed by atoms with van der Waals surface area (Å²) in [4.78, 5) is 6.47. The maximum absolute atomic E-state index is 5.06. The summed E-state index contributed by atoms with van der Waals surface area (Å²) in [6, 6.07) is 0.738. The molecule has 2 nitrogen and oxygen atoms in total. The molecule has 2 fully saturated rings. The van der Waals surface area contributed by atoms with Crippen LogP contribution in [0.25, 0.3) is 0 Å². The molecule has 1 aromatic heterocycles. The minimum Gasteiger partial charge on any atom is -0.302 e. The summed E-state index contributed by atoms with van der Waals surface area (Å²) < 4.78 is 0. The van der Waals surface area contributed by atoms with Crippen molar-refractivity contribution in [3.8, 4) is 0 Å². The third-order valence-electron chi connectivity index (χ3n) is 5.38. The fraction of sp³-hybridized carbons (Fsp3) is 0.824. The molecule has 0 spiro atoms. The van der Waals surface area contributed by atoms with Crippen LogP contribution < -0.4 is 5.32 Å². The Hall–Kier alpha value is -0.410. The average molecular weight is 292 g/mol. The largest absolute Gasteiger partial charge is 0.302 e. The Bertz CT molecular complexity index is 487. The van der Waals surface area contributed by atoms with E-state index in [-0.39, 0.29) is 5.54 Å². The van der Waals surface area contributed by atoms with E-state index in [0.717, 1.165) is 12.5 Å². The van der Waals surface area contributed by atoms with Crippen molar-refractivity contribution in [2.45, 2.75) is 84.2 Å². The lowest BCUT2D eigenvalue weighted by molar-refractivity contribution is 0.0569. The standard InChI is InChI=1S/C17H28N2S/c1-5-14-12(2)20-15(18-14)17(19-13-8-9-13)11-7-6-10-16(17,3)4/h13,19H,5-11H2,1-4H3. The Morgan fingerprint density at radius 3 is 2.50 bits per heavy atom. The van der Waals surface area contributed by atoms with Crippen LogP contribution >= 0.6 is 11.3 Å². The van der Waals surface area contributed by atoms with Crippen LogP contribution in [0, 0.1) is 12.3 Å². The van der Waals surface area contributed by atoms with Gasteiger partial charge in [0.15, 0.2) is 0 Å². The van der Waals surface area contributed by atoms with Gasteiger partial charge in [-0.25, -0.2) is 4.98 Å². The van der Waals surface area contributed by atoms with E-state index in [1.54, 1.807) is 0 Å². The Morgan fingerprint density at radius 1 is 1.25 bits per heavy atom. The predicted octanol–water partition coefficient (Wildman–Crippen LogP) is 4.56. The lowest BCUT2D eigenvalue weighted by Gasteiger charge is -2.50. The van der Waals surface area contributed by atoms with E-state index in [2.05, 4.69) is 33.0 Å². The molecule has 0 aromatic carbocycles. The molecule has 1 unspecified atom stereocenters. The lowest BCUT2D eigenvalue weighted by Crippen LogP contribution is -2.55. The van der Waals surface area contributed by atoms with Crippen molar-refractivity contribution in [1.82, 2.24) is 10.3 Å². The summed E-state index contributed by atoms with van der Waals surface area (Å²) in [6.07, 6.45) is 9.03. The molecule has 0 bridgehead atoms. The molecule has 1 aromatic rings. The van der Waals surface area contributed by atoms with Crippen molar-refractivity contribution in [2.24, 2.45) is 5.41 Å². The first kappa shape index (κ1) is 14.5. The monoisotopic (exact) mass is 292 g/mol. The highest BCUT2D eigenvalue weighted by Gasteiger charge is 2.51. The van der Waals surface area contributed by atoms with Gasteiger partial charge < -0.3 is 5.32 Å². The van der Waals surface area contributed by atoms with Gasteiger partial charge in [-0.15, -0.1) is 11.3 Å². The minimum absolute atomic E-state index is 0.120. The van der Waals surface area contributed by atoms with Crippen LogP contribution in [0.1, 0.15) is 74.9 Å². The molecule has 0 saturated heterocycles. The third kappa shape index (κ3) is 2.33. The van der Waals surface area contributed by atoms with E-state index in [0.29, 0.717) is 5.41 Å². The van der Waals surface area contributed by atoms with Gasteiger partial charge in [0.25, 0.3) is 0 Å². The van der Waals surface area contributed by atoms with Crippen LogP contribution in [-0.2, 0) is 12.0 Å². The van der Waals surface area contributed by atoms with Crippen molar-refractivity contribution in [3.63, 3.8) is 0 Å². The second-order valence-electron chi connectivity index (χ2n) is 7.29. The summed E-state index contributed by atoms with van der Waals surface area (Å²) >= 11 is 1.94. The molecule has 2 saturated carbocycles. The first-order chi connectivity index (χ1) is 9.48. The van der Waals surface area contributed by atoms with Crippen LogP contribution in [0.15, 0.2) is 0 Å². The van der Waals surface area contributed by atoms with Crippen LogP contribution in [0.5, 0.6) is 0 Å². The third-order valence-corrected chi connectivity index (χ3v) is 6.55. The maximum Gasteiger partial charge on any atom is 0.114 e. The van der Waals surface area contributed by atoms with Crippen molar-refractivity contribution in [2.75, 3.05) is 0 Å². The zero-order valence-corrected chi connectivity index (χ0v) is 14.2. The van der Waals surface area contributed by atoms with Crippen LogP contribution in [-0.4, -0.2) is 11.0 Å². The Kier molecular flexibility index (Phi) is 3.70. The molecule has 1 N–H and O–H groups in total. The SMILES string of the molecule is CCc1nc(C2(NC3CC3)CCCCC2(C)C)sc1C. The molecule has 3 rings (SSSR count). The van der Waals surface area contributed by atoms with Gasteiger partial charge in [0, 0.05) is 10.9 Å². The number of rotatable bonds is 4.